The standard InChI is InChI=1S/C13H14FN3O/c1-3-4-11(15)13-16-12(17-18-13)10-7-9(14)6-5-8(10)2/h3,5-7,11H,1,4,15H2,2H3. The van der Waals surface area contributed by atoms with E-state index in [9.17, 15) is 4.39 Å². The zero-order chi connectivity index (χ0) is 13.1. The van der Waals surface area contributed by atoms with Crippen molar-refractivity contribution in [3.63, 3.8) is 0 Å². The second-order valence-corrected chi connectivity index (χ2v) is 4.05. The van der Waals surface area contributed by atoms with Crippen LogP contribution in [-0.4, -0.2) is 10.1 Å². The summed E-state index contributed by atoms with van der Waals surface area (Å²) < 4.78 is 18.3. The smallest absolute Gasteiger partial charge is 0.244 e. The average molecular weight is 247 g/mol. The van der Waals surface area contributed by atoms with Gasteiger partial charge in [-0.25, -0.2) is 4.39 Å². The Morgan fingerprint density at radius 3 is 3.06 bits per heavy atom. The summed E-state index contributed by atoms with van der Waals surface area (Å²) in [6, 6.07) is 4.06. The van der Waals surface area contributed by atoms with Crippen molar-refractivity contribution in [2.75, 3.05) is 0 Å². The fraction of sp³-hybridized carbons (Fsp3) is 0.231. The molecule has 5 heteroatoms. The van der Waals surface area contributed by atoms with E-state index in [1.165, 1.54) is 12.1 Å². The summed E-state index contributed by atoms with van der Waals surface area (Å²) in [5.41, 5.74) is 7.31. The summed E-state index contributed by atoms with van der Waals surface area (Å²) in [6.45, 7) is 5.45. The summed E-state index contributed by atoms with van der Waals surface area (Å²) in [4.78, 5) is 4.18. The van der Waals surface area contributed by atoms with Crippen LogP contribution in [-0.2, 0) is 0 Å². The fourth-order valence-electron chi connectivity index (χ4n) is 1.61. The predicted molar refractivity (Wildman–Crippen MR) is 66.2 cm³/mol. The van der Waals surface area contributed by atoms with Gasteiger partial charge in [0.25, 0.3) is 0 Å². The molecule has 0 aliphatic carbocycles. The Labute approximate surface area is 104 Å². The lowest BCUT2D eigenvalue weighted by Gasteiger charge is -2.01. The van der Waals surface area contributed by atoms with Gasteiger partial charge in [0, 0.05) is 5.56 Å². The van der Waals surface area contributed by atoms with Gasteiger partial charge in [0.2, 0.25) is 11.7 Å². The van der Waals surface area contributed by atoms with Crippen LogP contribution in [0.15, 0.2) is 35.4 Å². The lowest BCUT2D eigenvalue weighted by molar-refractivity contribution is 0.356. The number of nitrogens with two attached hydrogens (primary N) is 1. The Morgan fingerprint density at radius 1 is 1.56 bits per heavy atom. The molecule has 0 saturated carbocycles. The average Bonchev–Trinajstić information content (AvgIpc) is 2.82. The van der Waals surface area contributed by atoms with Crippen LogP contribution in [0.4, 0.5) is 4.39 Å². The van der Waals surface area contributed by atoms with Crippen molar-refractivity contribution >= 4 is 0 Å². The minimum atomic E-state index is -0.377. The van der Waals surface area contributed by atoms with Crippen LogP contribution >= 0.6 is 0 Å². The van der Waals surface area contributed by atoms with Gasteiger partial charge in [-0.15, -0.1) is 6.58 Å². The lowest BCUT2D eigenvalue weighted by atomic mass is 10.1. The molecular formula is C13H14FN3O. The molecule has 0 saturated heterocycles. The number of nitrogens with zero attached hydrogens (tertiary/aromatic N) is 2. The van der Waals surface area contributed by atoms with Gasteiger partial charge in [-0.05, 0) is 31.0 Å². The minimum absolute atomic E-state index is 0.327. The summed E-state index contributed by atoms with van der Waals surface area (Å²) in [7, 11) is 0. The van der Waals surface area contributed by atoms with E-state index in [0.29, 0.717) is 23.7 Å². The molecule has 4 nitrogen and oxygen atoms in total. The Hall–Kier alpha value is -2.01. The van der Waals surface area contributed by atoms with Crippen molar-refractivity contribution < 1.29 is 8.91 Å². The van der Waals surface area contributed by atoms with Gasteiger partial charge in [-0.3, -0.25) is 0 Å². The normalized spacial score (nSPS) is 12.4. The number of hydrogen-bond acceptors (Lipinski definition) is 4. The molecule has 1 unspecified atom stereocenters. The molecule has 0 bridgehead atoms. The highest BCUT2D eigenvalue weighted by atomic mass is 19.1. The van der Waals surface area contributed by atoms with Gasteiger partial charge < -0.3 is 10.3 Å². The molecule has 2 aromatic rings. The predicted octanol–water partition coefficient (Wildman–Crippen LogP) is 2.76. The van der Waals surface area contributed by atoms with Crippen LogP contribution in [0, 0.1) is 12.7 Å². The van der Waals surface area contributed by atoms with Crippen LogP contribution in [0.5, 0.6) is 0 Å². The zero-order valence-corrected chi connectivity index (χ0v) is 10.1. The monoisotopic (exact) mass is 247 g/mol. The zero-order valence-electron chi connectivity index (χ0n) is 10.1. The number of rotatable bonds is 4. The molecule has 94 valence electrons. The highest BCUT2D eigenvalue weighted by Crippen LogP contribution is 2.23. The van der Waals surface area contributed by atoms with Gasteiger partial charge >= 0.3 is 0 Å². The maximum atomic E-state index is 13.2. The van der Waals surface area contributed by atoms with Crippen LogP contribution in [0.1, 0.15) is 23.9 Å². The highest BCUT2D eigenvalue weighted by Gasteiger charge is 2.16. The first-order valence-electron chi connectivity index (χ1n) is 5.58. The topological polar surface area (TPSA) is 64.9 Å². The van der Waals surface area contributed by atoms with E-state index in [4.69, 9.17) is 10.3 Å². The lowest BCUT2D eigenvalue weighted by Crippen LogP contribution is -2.09. The third kappa shape index (κ3) is 2.46. The molecule has 0 spiro atoms. The molecular weight excluding hydrogens is 233 g/mol. The molecule has 1 aromatic carbocycles. The number of aromatic nitrogens is 2. The second kappa shape index (κ2) is 5.10. The van der Waals surface area contributed by atoms with E-state index in [-0.39, 0.29) is 11.9 Å². The molecule has 0 radical (unpaired) electrons. The van der Waals surface area contributed by atoms with Crippen LogP contribution in [0.25, 0.3) is 11.4 Å². The first-order chi connectivity index (χ1) is 8.61. The molecule has 1 aromatic heterocycles. The third-order valence-corrected chi connectivity index (χ3v) is 2.62. The van der Waals surface area contributed by atoms with Gasteiger partial charge in [-0.1, -0.05) is 17.3 Å². The van der Waals surface area contributed by atoms with Crippen LogP contribution in [0.3, 0.4) is 0 Å². The second-order valence-electron chi connectivity index (χ2n) is 4.05. The largest absolute Gasteiger partial charge is 0.337 e. The maximum Gasteiger partial charge on any atom is 0.244 e. The van der Waals surface area contributed by atoms with E-state index >= 15 is 0 Å². The van der Waals surface area contributed by atoms with Crippen LogP contribution < -0.4 is 5.73 Å². The molecule has 1 atom stereocenters. The van der Waals surface area contributed by atoms with Crippen molar-refractivity contribution in [2.24, 2.45) is 5.73 Å². The van der Waals surface area contributed by atoms with Crippen molar-refractivity contribution in [3.8, 4) is 11.4 Å². The van der Waals surface area contributed by atoms with Gasteiger partial charge in [0.1, 0.15) is 5.82 Å². The third-order valence-electron chi connectivity index (χ3n) is 2.62. The molecule has 0 aliphatic rings. The Balaban J connectivity index is 2.34. The van der Waals surface area contributed by atoms with Gasteiger partial charge in [-0.2, -0.15) is 4.98 Å². The van der Waals surface area contributed by atoms with Crippen molar-refractivity contribution in [2.45, 2.75) is 19.4 Å². The van der Waals surface area contributed by atoms with Crippen molar-refractivity contribution in [1.82, 2.24) is 10.1 Å². The first-order valence-corrected chi connectivity index (χ1v) is 5.58. The molecule has 2 N–H and O–H groups in total. The van der Waals surface area contributed by atoms with Gasteiger partial charge in [0.05, 0.1) is 6.04 Å². The minimum Gasteiger partial charge on any atom is -0.337 e. The van der Waals surface area contributed by atoms with E-state index in [0.717, 1.165) is 5.56 Å². The number of hydrogen-bond donors (Lipinski definition) is 1. The first kappa shape index (κ1) is 12.4. The Bertz CT molecular complexity index is 565. The summed E-state index contributed by atoms with van der Waals surface area (Å²) >= 11 is 0. The van der Waals surface area contributed by atoms with E-state index < -0.39 is 0 Å². The molecule has 0 amide bonds. The summed E-state index contributed by atoms with van der Waals surface area (Å²) in [5, 5.41) is 3.82. The number of halogens is 1. The van der Waals surface area contributed by atoms with E-state index in [2.05, 4.69) is 16.7 Å². The summed E-state index contributed by atoms with van der Waals surface area (Å²) in [5.74, 6) is 0.340. The summed E-state index contributed by atoms with van der Waals surface area (Å²) in [6.07, 6.45) is 2.23. The molecule has 0 fully saturated rings. The quantitative estimate of drug-likeness (QED) is 0.844. The number of benzene rings is 1. The Morgan fingerprint density at radius 2 is 2.33 bits per heavy atom. The Kier molecular flexibility index (Phi) is 3.53. The van der Waals surface area contributed by atoms with Crippen LogP contribution in [0.2, 0.25) is 0 Å². The van der Waals surface area contributed by atoms with E-state index in [1.54, 1.807) is 12.1 Å². The molecule has 2 rings (SSSR count). The highest BCUT2D eigenvalue weighted by molar-refractivity contribution is 5.59. The van der Waals surface area contributed by atoms with E-state index in [1.807, 2.05) is 6.92 Å². The SMILES string of the molecule is C=CCC(N)c1nc(-c2cc(F)ccc2C)no1. The van der Waals surface area contributed by atoms with Gasteiger partial charge in [0.15, 0.2) is 0 Å². The van der Waals surface area contributed by atoms with Crippen molar-refractivity contribution in [3.05, 3.63) is 48.1 Å². The molecule has 18 heavy (non-hydrogen) atoms. The van der Waals surface area contributed by atoms with Crippen molar-refractivity contribution in [1.29, 1.82) is 0 Å². The maximum absolute atomic E-state index is 13.2. The molecule has 1 heterocycles. The molecule has 0 aliphatic heterocycles. The fourth-order valence-corrected chi connectivity index (χ4v) is 1.61. The number of aryl methyl sites for hydroxylation is 1.